The number of hydrogen-bond acceptors (Lipinski definition) is 5. The van der Waals surface area contributed by atoms with Crippen molar-refractivity contribution < 1.29 is 14.3 Å². The summed E-state index contributed by atoms with van der Waals surface area (Å²) in [6, 6.07) is 0. The monoisotopic (exact) mass is 260 g/mol. The molecule has 1 aliphatic rings. The normalized spacial score (nSPS) is 18.3. The number of thioether (sulfide) groups is 1. The first-order chi connectivity index (χ1) is 8.06. The molecule has 5 nitrogen and oxygen atoms in total. The summed E-state index contributed by atoms with van der Waals surface area (Å²) in [7, 11) is 1.41. The fourth-order valence-electron chi connectivity index (χ4n) is 1.68. The zero-order valence-corrected chi connectivity index (χ0v) is 11.1. The summed E-state index contributed by atoms with van der Waals surface area (Å²) in [5, 5.41) is -0.130. The van der Waals surface area contributed by atoms with Gasteiger partial charge in [0.25, 0.3) is 0 Å². The summed E-state index contributed by atoms with van der Waals surface area (Å²) in [4.78, 5) is 22.7. The highest BCUT2D eigenvalue weighted by atomic mass is 32.2. The molecule has 1 fully saturated rings. The van der Waals surface area contributed by atoms with Crippen LogP contribution in [0.25, 0.3) is 0 Å². The number of hydrazine groups is 1. The lowest BCUT2D eigenvalue weighted by Gasteiger charge is -2.17. The van der Waals surface area contributed by atoms with Crippen LogP contribution in [0.1, 0.15) is 32.6 Å². The minimum absolute atomic E-state index is 0.0556. The highest BCUT2D eigenvalue weighted by Gasteiger charge is 2.45. The Morgan fingerprint density at radius 1 is 1.53 bits per heavy atom. The molecule has 6 heteroatoms. The predicted octanol–water partition coefficient (Wildman–Crippen LogP) is 0.831. The van der Waals surface area contributed by atoms with Gasteiger partial charge in [0.2, 0.25) is 5.91 Å². The first kappa shape index (κ1) is 14.3. The van der Waals surface area contributed by atoms with E-state index in [0.717, 1.165) is 25.0 Å². The molecule has 0 aromatic rings. The van der Waals surface area contributed by atoms with Crippen LogP contribution in [0.5, 0.6) is 0 Å². The van der Waals surface area contributed by atoms with E-state index in [-0.39, 0.29) is 22.5 Å². The summed E-state index contributed by atoms with van der Waals surface area (Å²) in [6.07, 6.45) is 3.27. The molecular formula is C11H20N2O3S. The first-order valence-electron chi connectivity index (χ1n) is 5.76. The van der Waals surface area contributed by atoms with Gasteiger partial charge in [-0.3, -0.25) is 15.0 Å². The average molecular weight is 260 g/mol. The van der Waals surface area contributed by atoms with E-state index in [1.54, 1.807) is 11.8 Å². The molecule has 0 saturated heterocycles. The maximum absolute atomic E-state index is 11.4. The van der Waals surface area contributed by atoms with Gasteiger partial charge in [-0.05, 0) is 24.7 Å². The first-order valence-corrected chi connectivity index (χ1v) is 6.80. The molecule has 98 valence electrons. The van der Waals surface area contributed by atoms with Crippen molar-refractivity contribution in [3.05, 3.63) is 0 Å². The molecule has 1 rings (SSSR count). The molecule has 0 aromatic heterocycles. The Hall–Kier alpha value is -0.750. The van der Waals surface area contributed by atoms with E-state index in [1.165, 1.54) is 7.11 Å². The van der Waals surface area contributed by atoms with E-state index in [0.29, 0.717) is 6.42 Å². The van der Waals surface area contributed by atoms with Crippen LogP contribution in [0.3, 0.4) is 0 Å². The molecule has 1 saturated carbocycles. The molecule has 1 atom stereocenters. The van der Waals surface area contributed by atoms with Crippen molar-refractivity contribution >= 4 is 23.6 Å². The van der Waals surface area contributed by atoms with Gasteiger partial charge >= 0.3 is 5.97 Å². The Kier molecular flexibility index (Phi) is 5.27. The van der Waals surface area contributed by atoms with E-state index < -0.39 is 0 Å². The third kappa shape index (κ3) is 4.20. The van der Waals surface area contributed by atoms with Crippen molar-refractivity contribution in [2.75, 3.05) is 12.9 Å². The maximum atomic E-state index is 11.4. The van der Waals surface area contributed by atoms with Gasteiger partial charge in [0.15, 0.2) is 0 Å². The SMILES string of the molecule is CCC(SCC1(CC(=O)OC)CC1)C(=O)NN. The number of ether oxygens (including phenoxy) is 1. The van der Waals surface area contributed by atoms with Crippen molar-refractivity contribution in [2.45, 2.75) is 37.9 Å². The minimum atomic E-state index is -0.167. The van der Waals surface area contributed by atoms with Crippen molar-refractivity contribution in [3.63, 3.8) is 0 Å². The van der Waals surface area contributed by atoms with Crippen LogP contribution in [0.2, 0.25) is 0 Å². The molecular weight excluding hydrogens is 240 g/mol. The third-order valence-corrected chi connectivity index (χ3v) is 4.83. The number of nitrogens with one attached hydrogen (secondary N) is 1. The number of nitrogens with two attached hydrogens (primary N) is 1. The van der Waals surface area contributed by atoms with Gasteiger partial charge in [-0.25, -0.2) is 5.84 Å². The Bertz CT molecular complexity index is 292. The van der Waals surface area contributed by atoms with Gasteiger partial charge in [0, 0.05) is 5.75 Å². The van der Waals surface area contributed by atoms with Gasteiger partial charge in [0.1, 0.15) is 0 Å². The van der Waals surface area contributed by atoms with Crippen LogP contribution in [0.15, 0.2) is 0 Å². The Morgan fingerprint density at radius 2 is 2.18 bits per heavy atom. The topological polar surface area (TPSA) is 81.4 Å². The largest absolute Gasteiger partial charge is 0.469 e. The molecule has 0 radical (unpaired) electrons. The van der Waals surface area contributed by atoms with Crippen molar-refractivity contribution in [2.24, 2.45) is 11.3 Å². The van der Waals surface area contributed by atoms with Gasteiger partial charge in [-0.1, -0.05) is 6.92 Å². The summed E-state index contributed by atoms with van der Waals surface area (Å²) >= 11 is 1.58. The number of carbonyl (C=O) groups is 2. The van der Waals surface area contributed by atoms with Crippen LogP contribution >= 0.6 is 11.8 Å². The molecule has 1 amide bonds. The van der Waals surface area contributed by atoms with Crippen LogP contribution in [-0.4, -0.2) is 30.0 Å². The Labute approximate surface area is 106 Å². The summed E-state index contributed by atoms with van der Waals surface area (Å²) in [5.74, 6) is 5.62. The van der Waals surface area contributed by atoms with Crippen molar-refractivity contribution in [1.29, 1.82) is 0 Å². The second kappa shape index (κ2) is 6.26. The predicted molar refractivity (Wildman–Crippen MR) is 67.2 cm³/mol. The number of amides is 1. The lowest BCUT2D eigenvalue weighted by Crippen LogP contribution is -2.37. The summed E-state index contributed by atoms with van der Waals surface area (Å²) in [5.41, 5.74) is 2.23. The van der Waals surface area contributed by atoms with Gasteiger partial charge in [0.05, 0.1) is 18.8 Å². The number of carbonyl (C=O) groups excluding carboxylic acids is 2. The number of rotatable bonds is 7. The fraction of sp³-hybridized carbons (Fsp3) is 0.818. The molecule has 17 heavy (non-hydrogen) atoms. The number of hydrogen-bond donors (Lipinski definition) is 2. The lowest BCUT2D eigenvalue weighted by molar-refractivity contribution is -0.141. The molecule has 0 aromatic carbocycles. The smallest absolute Gasteiger partial charge is 0.306 e. The maximum Gasteiger partial charge on any atom is 0.306 e. The van der Waals surface area contributed by atoms with Gasteiger partial charge in [-0.15, -0.1) is 11.8 Å². The molecule has 0 spiro atoms. The van der Waals surface area contributed by atoms with Crippen LogP contribution in [-0.2, 0) is 14.3 Å². The van der Waals surface area contributed by atoms with E-state index in [2.05, 4.69) is 10.2 Å². The van der Waals surface area contributed by atoms with E-state index >= 15 is 0 Å². The zero-order valence-electron chi connectivity index (χ0n) is 10.3. The van der Waals surface area contributed by atoms with Crippen LogP contribution in [0.4, 0.5) is 0 Å². The van der Waals surface area contributed by atoms with Crippen molar-refractivity contribution in [1.82, 2.24) is 5.43 Å². The molecule has 0 bridgehead atoms. The van der Waals surface area contributed by atoms with Gasteiger partial charge in [-0.2, -0.15) is 0 Å². The van der Waals surface area contributed by atoms with E-state index in [9.17, 15) is 9.59 Å². The standard InChI is InChI=1S/C11H20N2O3S/c1-3-8(10(15)13-12)17-7-11(4-5-11)6-9(14)16-2/h8H,3-7,12H2,1-2H3,(H,13,15). The number of methoxy groups -OCH3 is 1. The highest BCUT2D eigenvalue weighted by molar-refractivity contribution is 8.00. The van der Waals surface area contributed by atoms with Crippen molar-refractivity contribution in [3.8, 4) is 0 Å². The second-order valence-electron chi connectivity index (χ2n) is 4.47. The third-order valence-electron chi connectivity index (χ3n) is 3.10. The van der Waals surface area contributed by atoms with E-state index in [1.807, 2.05) is 6.92 Å². The summed E-state index contributed by atoms with van der Waals surface area (Å²) in [6.45, 7) is 1.95. The Morgan fingerprint density at radius 3 is 2.59 bits per heavy atom. The van der Waals surface area contributed by atoms with Crippen LogP contribution < -0.4 is 11.3 Å². The second-order valence-corrected chi connectivity index (χ2v) is 5.66. The minimum Gasteiger partial charge on any atom is -0.469 e. The quantitative estimate of drug-likeness (QED) is 0.307. The molecule has 0 aliphatic heterocycles. The average Bonchev–Trinajstić information content (AvgIpc) is 3.09. The fourth-order valence-corrected chi connectivity index (χ4v) is 3.08. The molecule has 0 heterocycles. The zero-order chi connectivity index (χ0) is 12.9. The molecule has 3 N–H and O–H groups in total. The molecule has 1 aliphatic carbocycles. The summed E-state index contributed by atoms with van der Waals surface area (Å²) < 4.78 is 4.68. The lowest BCUT2D eigenvalue weighted by atomic mass is 10.1. The number of esters is 1. The molecule has 1 unspecified atom stereocenters. The highest BCUT2D eigenvalue weighted by Crippen LogP contribution is 2.51. The van der Waals surface area contributed by atoms with E-state index in [4.69, 9.17) is 5.84 Å². The van der Waals surface area contributed by atoms with Crippen LogP contribution in [0, 0.1) is 5.41 Å². The Balaban J connectivity index is 2.38. The van der Waals surface area contributed by atoms with Gasteiger partial charge < -0.3 is 4.74 Å².